The summed E-state index contributed by atoms with van der Waals surface area (Å²) in [6.07, 6.45) is 5.11. The highest BCUT2D eigenvalue weighted by Crippen LogP contribution is 2.37. The van der Waals surface area contributed by atoms with Crippen molar-refractivity contribution in [2.24, 2.45) is 5.41 Å². The second-order valence-corrected chi connectivity index (χ2v) is 6.05. The highest BCUT2D eigenvalue weighted by Gasteiger charge is 2.44. The third-order valence-electron chi connectivity index (χ3n) is 4.55. The molecular weight excluding hydrogens is 256 g/mol. The number of carbonyl (C=O) groups is 1. The summed E-state index contributed by atoms with van der Waals surface area (Å²) < 4.78 is 5.47. The first-order chi connectivity index (χ1) is 9.63. The molecule has 20 heavy (non-hydrogen) atoms. The molecule has 1 saturated heterocycles. The zero-order valence-electron chi connectivity index (χ0n) is 12.2. The van der Waals surface area contributed by atoms with E-state index in [1.165, 1.54) is 0 Å². The highest BCUT2D eigenvalue weighted by molar-refractivity contribution is 5.86. The van der Waals surface area contributed by atoms with E-state index in [0.29, 0.717) is 26.0 Å². The summed E-state index contributed by atoms with van der Waals surface area (Å²) in [6, 6.07) is 2.28. The van der Waals surface area contributed by atoms with Crippen molar-refractivity contribution in [1.29, 1.82) is 5.26 Å². The second-order valence-electron chi connectivity index (χ2n) is 6.05. The Labute approximate surface area is 120 Å². The summed E-state index contributed by atoms with van der Waals surface area (Å²) in [5.41, 5.74) is -0.859. The minimum atomic E-state index is -0.859. The molecule has 0 aromatic rings. The van der Waals surface area contributed by atoms with Crippen LogP contribution in [0.25, 0.3) is 0 Å². The molecule has 0 aromatic heterocycles. The quantitative estimate of drug-likeness (QED) is 0.777. The first-order valence-corrected chi connectivity index (χ1v) is 7.58. The number of nitrogens with zero attached hydrogens (tertiary/aromatic N) is 2. The summed E-state index contributed by atoms with van der Waals surface area (Å²) in [6.45, 7) is 2.67. The molecule has 5 nitrogen and oxygen atoms in total. The highest BCUT2D eigenvalue weighted by atomic mass is 16.5. The Morgan fingerprint density at radius 1 is 1.40 bits per heavy atom. The lowest BCUT2D eigenvalue weighted by atomic mass is 9.80. The maximum atomic E-state index is 12.9. The van der Waals surface area contributed by atoms with Crippen molar-refractivity contribution in [3.8, 4) is 6.07 Å². The molecule has 1 aliphatic heterocycles. The molecule has 112 valence electrons. The molecular formula is C15H24N2O3. The zero-order valence-corrected chi connectivity index (χ0v) is 12.2. The third kappa shape index (κ3) is 2.97. The van der Waals surface area contributed by atoms with Gasteiger partial charge in [-0.05, 0) is 19.8 Å². The minimum absolute atomic E-state index is 0.0289. The van der Waals surface area contributed by atoms with E-state index in [-0.39, 0.29) is 24.7 Å². The van der Waals surface area contributed by atoms with Crippen LogP contribution in [0.4, 0.5) is 0 Å². The molecule has 1 saturated carbocycles. The zero-order chi connectivity index (χ0) is 14.6. The monoisotopic (exact) mass is 280 g/mol. The Morgan fingerprint density at radius 2 is 2.05 bits per heavy atom. The lowest BCUT2D eigenvalue weighted by Gasteiger charge is -2.41. The van der Waals surface area contributed by atoms with Gasteiger partial charge in [-0.3, -0.25) is 4.79 Å². The van der Waals surface area contributed by atoms with Gasteiger partial charge in [0.15, 0.2) is 0 Å². The van der Waals surface area contributed by atoms with Crippen molar-refractivity contribution in [1.82, 2.24) is 4.90 Å². The van der Waals surface area contributed by atoms with Crippen molar-refractivity contribution in [2.75, 3.05) is 19.8 Å². The fourth-order valence-electron chi connectivity index (χ4n) is 3.19. The van der Waals surface area contributed by atoms with Gasteiger partial charge < -0.3 is 14.7 Å². The Kier molecular flexibility index (Phi) is 5.00. The molecule has 1 amide bonds. The van der Waals surface area contributed by atoms with Crippen LogP contribution in [0.15, 0.2) is 0 Å². The lowest BCUT2D eigenvalue weighted by Crippen LogP contribution is -2.56. The van der Waals surface area contributed by atoms with Crippen molar-refractivity contribution in [3.05, 3.63) is 0 Å². The van der Waals surface area contributed by atoms with E-state index in [2.05, 4.69) is 6.07 Å². The Bertz CT molecular complexity index is 383. The van der Waals surface area contributed by atoms with Crippen LogP contribution in [0.5, 0.6) is 0 Å². The molecule has 2 rings (SSSR count). The van der Waals surface area contributed by atoms with Gasteiger partial charge in [0.25, 0.3) is 0 Å². The van der Waals surface area contributed by atoms with E-state index in [1.54, 1.807) is 4.90 Å². The molecule has 2 unspecified atom stereocenters. The van der Waals surface area contributed by atoms with Crippen LogP contribution in [-0.2, 0) is 9.53 Å². The molecule has 2 fully saturated rings. The SMILES string of the molecule is CC1COC(CO)CN1C(=O)C1(C#N)CCCCCC1. The molecule has 2 atom stereocenters. The summed E-state index contributed by atoms with van der Waals surface area (Å²) in [4.78, 5) is 14.6. The van der Waals surface area contributed by atoms with Gasteiger partial charge in [-0.1, -0.05) is 25.7 Å². The number of amides is 1. The van der Waals surface area contributed by atoms with Gasteiger partial charge in [0.1, 0.15) is 5.41 Å². The number of ether oxygens (including phenoxy) is 1. The summed E-state index contributed by atoms with van der Waals surface area (Å²) in [7, 11) is 0. The van der Waals surface area contributed by atoms with E-state index in [4.69, 9.17) is 4.74 Å². The fraction of sp³-hybridized carbons (Fsp3) is 0.867. The molecule has 5 heteroatoms. The summed E-state index contributed by atoms with van der Waals surface area (Å²) in [5, 5.41) is 18.8. The number of morpholine rings is 1. The number of hydrogen-bond acceptors (Lipinski definition) is 4. The molecule has 0 spiro atoms. The third-order valence-corrected chi connectivity index (χ3v) is 4.55. The average molecular weight is 280 g/mol. The smallest absolute Gasteiger partial charge is 0.243 e. The standard InChI is InChI=1S/C15H24N2O3/c1-12-10-20-13(9-18)8-17(12)14(19)15(11-16)6-4-2-3-5-7-15/h12-13,18H,2-10H2,1H3. The number of aliphatic hydroxyl groups is 1. The van der Waals surface area contributed by atoms with Crippen LogP contribution in [0.2, 0.25) is 0 Å². The van der Waals surface area contributed by atoms with Crippen molar-refractivity contribution in [2.45, 2.75) is 57.6 Å². The van der Waals surface area contributed by atoms with Gasteiger partial charge in [0.2, 0.25) is 5.91 Å². The maximum Gasteiger partial charge on any atom is 0.243 e. The number of rotatable bonds is 2. The molecule has 0 radical (unpaired) electrons. The average Bonchev–Trinajstić information content (AvgIpc) is 2.73. The Balaban J connectivity index is 2.16. The Morgan fingerprint density at radius 3 is 2.60 bits per heavy atom. The van der Waals surface area contributed by atoms with Crippen LogP contribution >= 0.6 is 0 Å². The van der Waals surface area contributed by atoms with E-state index in [9.17, 15) is 15.2 Å². The first-order valence-electron chi connectivity index (χ1n) is 7.58. The normalized spacial score (nSPS) is 30.4. The second kappa shape index (κ2) is 6.55. The number of aliphatic hydroxyl groups excluding tert-OH is 1. The minimum Gasteiger partial charge on any atom is -0.394 e. The predicted octanol–water partition coefficient (Wildman–Crippen LogP) is 1.46. The molecule has 1 N–H and O–H groups in total. The van der Waals surface area contributed by atoms with Crippen LogP contribution in [0.3, 0.4) is 0 Å². The van der Waals surface area contributed by atoms with Gasteiger partial charge in [0.05, 0.1) is 31.4 Å². The fourth-order valence-corrected chi connectivity index (χ4v) is 3.19. The van der Waals surface area contributed by atoms with Crippen LogP contribution in [0.1, 0.15) is 45.4 Å². The van der Waals surface area contributed by atoms with Crippen molar-refractivity contribution < 1.29 is 14.6 Å². The number of nitriles is 1. The molecule has 1 heterocycles. The summed E-state index contributed by atoms with van der Waals surface area (Å²) in [5.74, 6) is -0.0591. The van der Waals surface area contributed by atoms with E-state index in [1.807, 2.05) is 6.92 Å². The lowest BCUT2D eigenvalue weighted by molar-refractivity contribution is -0.154. The number of hydrogen-bond donors (Lipinski definition) is 1. The van der Waals surface area contributed by atoms with Crippen LogP contribution < -0.4 is 0 Å². The Hall–Kier alpha value is -1.12. The van der Waals surface area contributed by atoms with E-state index in [0.717, 1.165) is 25.7 Å². The van der Waals surface area contributed by atoms with Gasteiger partial charge in [-0.25, -0.2) is 0 Å². The van der Waals surface area contributed by atoms with Gasteiger partial charge >= 0.3 is 0 Å². The van der Waals surface area contributed by atoms with Crippen molar-refractivity contribution in [3.63, 3.8) is 0 Å². The van der Waals surface area contributed by atoms with Crippen molar-refractivity contribution >= 4 is 5.91 Å². The van der Waals surface area contributed by atoms with E-state index < -0.39 is 5.41 Å². The molecule has 0 bridgehead atoms. The molecule has 0 aromatic carbocycles. The first kappa shape index (κ1) is 15.3. The maximum absolute atomic E-state index is 12.9. The molecule has 2 aliphatic rings. The van der Waals surface area contributed by atoms with Gasteiger partial charge in [-0.15, -0.1) is 0 Å². The number of carbonyl (C=O) groups excluding carboxylic acids is 1. The topological polar surface area (TPSA) is 73.6 Å². The largest absolute Gasteiger partial charge is 0.394 e. The van der Waals surface area contributed by atoms with Crippen LogP contribution in [0, 0.1) is 16.7 Å². The van der Waals surface area contributed by atoms with E-state index >= 15 is 0 Å². The van der Waals surface area contributed by atoms with Crippen LogP contribution in [-0.4, -0.2) is 47.8 Å². The van der Waals surface area contributed by atoms with Gasteiger partial charge in [0, 0.05) is 6.54 Å². The predicted molar refractivity (Wildman–Crippen MR) is 73.7 cm³/mol. The van der Waals surface area contributed by atoms with Gasteiger partial charge in [-0.2, -0.15) is 5.26 Å². The summed E-state index contributed by atoms with van der Waals surface area (Å²) >= 11 is 0. The molecule has 1 aliphatic carbocycles.